The molecule has 29 heavy (non-hydrogen) atoms. The van der Waals surface area contributed by atoms with Crippen LogP contribution >= 0.6 is 22.9 Å². The van der Waals surface area contributed by atoms with E-state index in [1.807, 2.05) is 0 Å². The molecule has 2 aromatic heterocycles. The number of anilines is 1. The summed E-state index contributed by atoms with van der Waals surface area (Å²) in [7, 11) is 0. The molecule has 3 aromatic rings. The molecule has 1 saturated carbocycles. The van der Waals surface area contributed by atoms with Crippen molar-refractivity contribution in [1.29, 1.82) is 0 Å². The minimum Gasteiger partial charge on any atom is -0.487 e. The van der Waals surface area contributed by atoms with Gasteiger partial charge in [0, 0.05) is 24.2 Å². The molecule has 2 heterocycles. The molecule has 1 aliphatic carbocycles. The Hall–Kier alpha value is -2.78. The Morgan fingerprint density at radius 2 is 2.00 bits per heavy atom. The molecule has 0 atom stereocenters. The van der Waals surface area contributed by atoms with Crippen molar-refractivity contribution in [3.05, 3.63) is 59.4 Å². The van der Waals surface area contributed by atoms with Crippen molar-refractivity contribution in [2.45, 2.75) is 18.9 Å². The molecular formula is C19H14ClF2N3O3S. The summed E-state index contributed by atoms with van der Waals surface area (Å²) in [5.74, 6) is -1.55. The highest BCUT2D eigenvalue weighted by molar-refractivity contribution is 7.17. The molecule has 1 aliphatic rings. The van der Waals surface area contributed by atoms with Gasteiger partial charge >= 0.3 is 0 Å². The molecule has 0 bridgehead atoms. The largest absolute Gasteiger partial charge is 0.487 e. The van der Waals surface area contributed by atoms with E-state index in [1.165, 1.54) is 18.5 Å². The predicted molar refractivity (Wildman–Crippen MR) is 104 cm³/mol. The van der Waals surface area contributed by atoms with Gasteiger partial charge in [0.25, 0.3) is 0 Å². The van der Waals surface area contributed by atoms with E-state index in [1.54, 1.807) is 12.1 Å². The summed E-state index contributed by atoms with van der Waals surface area (Å²) in [5, 5.41) is 4.10. The van der Waals surface area contributed by atoms with Crippen molar-refractivity contribution in [3.63, 3.8) is 0 Å². The van der Waals surface area contributed by atoms with Gasteiger partial charge in [-0.3, -0.25) is 4.79 Å². The average Bonchev–Trinajstić information content (AvgIpc) is 3.08. The number of hydrogen-bond donors (Lipinski definition) is 1. The van der Waals surface area contributed by atoms with Gasteiger partial charge in [-0.15, -0.1) is 0 Å². The van der Waals surface area contributed by atoms with Crippen molar-refractivity contribution >= 4 is 34.0 Å². The highest BCUT2D eigenvalue weighted by atomic mass is 35.5. The summed E-state index contributed by atoms with van der Waals surface area (Å²) in [5.41, 5.74) is 0. The quantitative estimate of drug-likeness (QED) is 0.583. The molecule has 10 heteroatoms. The Balaban J connectivity index is 1.26. The number of pyridine rings is 1. The molecule has 0 unspecified atom stereocenters. The zero-order valence-electron chi connectivity index (χ0n) is 14.8. The molecular weight excluding hydrogens is 424 g/mol. The van der Waals surface area contributed by atoms with Crippen molar-refractivity contribution in [2.75, 3.05) is 5.32 Å². The average molecular weight is 438 g/mol. The number of halogens is 3. The lowest BCUT2D eigenvalue weighted by Crippen LogP contribution is -2.40. The summed E-state index contributed by atoms with van der Waals surface area (Å²) >= 11 is 6.94. The fraction of sp³-hybridized carbons (Fsp3) is 0.211. The zero-order valence-corrected chi connectivity index (χ0v) is 16.3. The summed E-state index contributed by atoms with van der Waals surface area (Å²) in [6.45, 7) is 0. The normalized spacial score (nSPS) is 18.0. The number of carbonyl (C=O) groups excluding carboxylic acids is 1. The first-order chi connectivity index (χ1) is 14.0. The fourth-order valence-electron chi connectivity index (χ4n) is 2.72. The van der Waals surface area contributed by atoms with Gasteiger partial charge in [0.1, 0.15) is 11.9 Å². The van der Waals surface area contributed by atoms with E-state index in [2.05, 4.69) is 15.3 Å². The molecule has 0 radical (unpaired) electrons. The number of nitrogens with one attached hydrogen (secondary N) is 1. The third kappa shape index (κ3) is 4.80. The Labute approximate surface area is 173 Å². The first-order valence-electron chi connectivity index (χ1n) is 8.64. The first-order valence-corrected chi connectivity index (χ1v) is 9.83. The van der Waals surface area contributed by atoms with Gasteiger partial charge < -0.3 is 14.8 Å². The van der Waals surface area contributed by atoms with E-state index >= 15 is 0 Å². The summed E-state index contributed by atoms with van der Waals surface area (Å²) in [6.07, 6.45) is 3.53. The van der Waals surface area contributed by atoms with E-state index < -0.39 is 11.6 Å². The lowest BCUT2D eigenvalue weighted by Gasteiger charge is -2.34. The van der Waals surface area contributed by atoms with Crippen LogP contribution in [0, 0.1) is 17.6 Å². The van der Waals surface area contributed by atoms with Gasteiger partial charge in [-0.25, -0.2) is 18.7 Å². The number of thiazole rings is 1. The van der Waals surface area contributed by atoms with Crippen LogP contribution in [0.5, 0.6) is 16.7 Å². The molecule has 4 rings (SSSR count). The Kier molecular flexibility index (Phi) is 5.59. The first kappa shape index (κ1) is 19.5. The minimum absolute atomic E-state index is 0.0206. The Morgan fingerprint density at radius 3 is 2.72 bits per heavy atom. The second-order valence-corrected chi connectivity index (χ2v) is 7.80. The maximum atomic E-state index is 13.6. The van der Waals surface area contributed by atoms with Crippen molar-refractivity contribution in [2.24, 2.45) is 5.92 Å². The highest BCUT2D eigenvalue weighted by Gasteiger charge is 2.36. The third-order valence-electron chi connectivity index (χ3n) is 4.27. The molecule has 1 N–H and O–H groups in total. The molecule has 1 aromatic carbocycles. The van der Waals surface area contributed by atoms with Gasteiger partial charge in [-0.1, -0.05) is 22.9 Å². The maximum absolute atomic E-state index is 13.6. The SMILES string of the molecule is O=C(Nc1ncc(Oc2ccc(Cl)cn2)s1)C1CC(Oc2ccc(F)cc2F)C1. The molecule has 6 nitrogen and oxygen atoms in total. The summed E-state index contributed by atoms with van der Waals surface area (Å²) in [4.78, 5) is 20.5. The number of carbonyl (C=O) groups is 1. The second-order valence-electron chi connectivity index (χ2n) is 6.37. The Morgan fingerprint density at radius 1 is 1.17 bits per heavy atom. The molecule has 150 valence electrons. The zero-order chi connectivity index (χ0) is 20.4. The predicted octanol–water partition coefficient (Wildman–Crippen LogP) is 5.06. The van der Waals surface area contributed by atoms with Crippen LogP contribution in [0.15, 0.2) is 42.7 Å². The number of aromatic nitrogens is 2. The van der Waals surface area contributed by atoms with Crippen LogP contribution in [0.4, 0.5) is 13.9 Å². The van der Waals surface area contributed by atoms with Crippen molar-refractivity contribution in [1.82, 2.24) is 9.97 Å². The standard InChI is InChI=1S/C19H14ClF2N3O3S/c20-11-1-4-16(23-8-11)28-17-9-24-19(29-17)25-18(26)10-5-13(6-10)27-15-3-2-12(21)7-14(15)22/h1-4,7-10,13H,5-6H2,(H,24,25,26). The van der Waals surface area contributed by atoms with Gasteiger partial charge in [-0.2, -0.15) is 0 Å². The van der Waals surface area contributed by atoms with Gasteiger partial charge in [-0.05, 0) is 31.0 Å². The fourth-order valence-corrected chi connectivity index (χ4v) is 3.52. The highest BCUT2D eigenvalue weighted by Crippen LogP contribution is 2.35. The smallest absolute Gasteiger partial charge is 0.229 e. The van der Waals surface area contributed by atoms with E-state index in [0.717, 1.165) is 23.5 Å². The lowest BCUT2D eigenvalue weighted by atomic mass is 9.81. The van der Waals surface area contributed by atoms with E-state index in [4.69, 9.17) is 21.1 Å². The van der Waals surface area contributed by atoms with Gasteiger partial charge in [0.2, 0.25) is 16.9 Å². The van der Waals surface area contributed by atoms with Crippen LogP contribution < -0.4 is 14.8 Å². The Bertz CT molecular complexity index is 1030. The minimum atomic E-state index is -0.761. The van der Waals surface area contributed by atoms with Gasteiger partial charge in [0.05, 0.1) is 11.2 Å². The maximum Gasteiger partial charge on any atom is 0.229 e. The van der Waals surface area contributed by atoms with Crippen LogP contribution in [-0.2, 0) is 4.79 Å². The monoisotopic (exact) mass is 437 g/mol. The number of benzene rings is 1. The number of rotatable bonds is 6. The molecule has 1 fully saturated rings. The number of hydrogen-bond acceptors (Lipinski definition) is 6. The molecule has 0 saturated heterocycles. The molecule has 0 aliphatic heterocycles. The lowest BCUT2D eigenvalue weighted by molar-refractivity contribution is -0.125. The van der Waals surface area contributed by atoms with Crippen LogP contribution in [0.25, 0.3) is 0 Å². The van der Waals surface area contributed by atoms with Crippen molar-refractivity contribution < 1.29 is 23.0 Å². The van der Waals surface area contributed by atoms with Gasteiger partial charge in [0.15, 0.2) is 16.7 Å². The summed E-state index contributed by atoms with van der Waals surface area (Å²) in [6, 6.07) is 6.41. The second kappa shape index (κ2) is 8.30. The molecule has 0 spiro atoms. The molecule has 1 amide bonds. The summed E-state index contributed by atoms with van der Waals surface area (Å²) < 4.78 is 37.6. The van der Waals surface area contributed by atoms with E-state index in [9.17, 15) is 13.6 Å². The number of amides is 1. The topological polar surface area (TPSA) is 73.3 Å². The van der Waals surface area contributed by atoms with E-state index in [-0.39, 0.29) is 23.7 Å². The van der Waals surface area contributed by atoms with E-state index in [0.29, 0.717) is 33.9 Å². The van der Waals surface area contributed by atoms with Crippen molar-refractivity contribution in [3.8, 4) is 16.7 Å². The number of ether oxygens (including phenoxy) is 2. The van der Waals surface area contributed by atoms with Crippen LogP contribution in [-0.4, -0.2) is 22.0 Å². The van der Waals surface area contributed by atoms with Crippen LogP contribution in [0.2, 0.25) is 5.02 Å². The number of nitrogens with zero attached hydrogens (tertiary/aromatic N) is 2. The third-order valence-corrected chi connectivity index (χ3v) is 5.29. The van der Waals surface area contributed by atoms with Crippen LogP contribution in [0.1, 0.15) is 12.8 Å². The van der Waals surface area contributed by atoms with Crippen LogP contribution in [0.3, 0.4) is 0 Å².